The molecule has 1 aliphatic rings. The molecule has 0 aliphatic heterocycles. The van der Waals surface area contributed by atoms with Gasteiger partial charge in [0.2, 0.25) is 0 Å². The number of para-hydroxylation sites is 1. The van der Waals surface area contributed by atoms with Crippen molar-refractivity contribution in [3.63, 3.8) is 0 Å². The molecule has 0 saturated heterocycles. The molecule has 0 bridgehead atoms. The van der Waals surface area contributed by atoms with Crippen LogP contribution in [0.2, 0.25) is 5.02 Å². The molecule has 0 N–H and O–H groups in total. The third-order valence-corrected chi connectivity index (χ3v) is 4.17. The molecule has 1 heterocycles. The van der Waals surface area contributed by atoms with Gasteiger partial charge in [-0.3, -0.25) is 0 Å². The van der Waals surface area contributed by atoms with Crippen molar-refractivity contribution >= 4 is 28.1 Å². The number of aromatic nitrogens is 1. The Kier molecular flexibility index (Phi) is 2.79. The molecule has 1 aromatic heterocycles. The van der Waals surface area contributed by atoms with Crippen LogP contribution in [0.5, 0.6) is 0 Å². The first kappa shape index (κ1) is 12.5. The van der Waals surface area contributed by atoms with Gasteiger partial charge in [0, 0.05) is 11.0 Å². The van der Waals surface area contributed by atoms with Gasteiger partial charge in [-0.25, -0.2) is 9.37 Å². The van der Waals surface area contributed by atoms with E-state index in [1.807, 2.05) is 42.5 Å². The standard InChI is InChI=1S/C18H11ClFN/c19-15-5-1-3-11-7-10-17(21-18(11)15)14-9-8-13-12(14)4-2-6-16(13)20/h1-7,9-10H,8H2. The summed E-state index contributed by atoms with van der Waals surface area (Å²) in [7, 11) is 0. The molecule has 4 rings (SSSR count). The average Bonchev–Trinajstić information content (AvgIpc) is 2.93. The van der Waals surface area contributed by atoms with E-state index in [0.29, 0.717) is 11.4 Å². The number of halogens is 2. The third kappa shape index (κ3) is 1.95. The van der Waals surface area contributed by atoms with Gasteiger partial charge in [-0.2, -0.15) is 0 Å². The second kappa shape index (κ2) is 4.68. The summed E-state index contributed by atoms with van der Waals surface area (Å²) >= 11 is 6.22. The van der Waals surface area contributed by atoms with Crippen LogP contribution in [0.3, 0.4) is 0 Å². The Morgan fingerprint density at radius 2 is 1.86 bits per heavy atom. The zero-order chi connectivity index (χ0) is 14.4. The van der Waals surface area contributed by atoms with E-state index in [-0.39, 0.29) is 5.82 Å². The highest BCUT2D eigenvalue weighted by Crippen LogP contribution is 2.34. The molecule has 3 aromatic rings. The Morgan fingerprint density at radius 1 is 1.00 bits per heavy atom. The Balaban J connectivity index is 1.90. The van der Waals surface area contributed by atoms with Gasteiger partial charge in [0.1, 0.15) is 5.82 Å². The van der Waals surface area contributed by atoms with E-state index in [1.54, 1.807) is 6.07 Å². The summed E-state index contributed by atoms with van der Waals surface area (Å²) < 4.78 is 13.8. The summed E-state index contributed by atoms with van der Waals surface area (Å²) in [6.07, 6.45) is 2.64. The summed E-state index contributed by atoms with van der Waals surface area (Å²) in [5.41, 5.74) is 4.26. The van der Waals surface area contributed by atoms with Crippen LogP contribution in [-0.4, -0.2) is 4.98 Å². The van der Waals surface area contributed by atoms with Gasteiger partial charge in [-0.1, -0.05) is 48.0 Å². The first-order valence-corrected chi connectivity index (χ1v) is 7.15. The Hall–Kier alpha value is -2.19. The zero-order valence-electron chi connectivity index (χ0n) is 11.1. The molecule has 0 fully saturated rings. The fourth-order valence-electron chi connectivity index (χ4n) is 2.84. The maximum absolute atomic E-state index is 13.8. The van der Waals surface area contributed by atoms with Gasteiger partial charge >= 0.3 is 0 Å². The van der Waals surface area contributed by atoms with E-state index in [9.17, 15) is 4.39 Å². The number of hydrogen-bond donors (Lipinski definition) is 0. The fourth-order valence-corrected chi connectivity index (χ4v) is 3.06. The first-order valence-electron chi connectivity index (χ1n) is 6.77. The van der Waals surface area contributed by atoms with Crippen LogP contribution in [0.25, 0.3) is 16.5 Å². The molecular weight excluding hydrogens is 285 g/mol. The normalized spacial score (nSPS) is 13.3. The van der Waals surface area contributed by atoms with Crippen molar-refractivity contribution in [1.82, 2.24) is 4.98 Å². The van der Waals surface area contributed by atoms with Crippen LogP contribution in [0.4, 0.5) is 4.39 Å². The molecule has 1 nitrogen and oxygen atoms in total. The number of fused-ring (bicyclic) bond motifs is 2. The number of benzene rings is 2. The quantitative estimate of drug-likeness (QED) is 0.614. The lowest BCUT2D eigenvalue weighted by Crippen LogP contribution is -1.93. The highest BCUT2D eigenvalue weighted by atomic mass is 35.5. The Morgan fingerprint density at radius 3 is 2.76 bits per heavy atom. The van der Waals surface area contributed by atoms with Crippen molar-refractivity contribution < 1.29 is 4.39 Å². The number of pyridine rings is 1. The van der Waals surface area contributed by atoms with Crippen molar-refractivity contribution in [2.24, 2.45) is 0 Å². The lowest BCUT2D eigenvalue weighted by molar-refractivity contribution is 0.615. The SMILES string of the molecule is Fc1cccc2c1CC=C2c1ccc2cccc(Cl)c2n1. The van der Waals surface area contributed by atoms with Crippen molar-refractivity contribution in [3.8, 4) is 0 Å². The second-order valence-corrected chi connectivity index (χ2v) is 5.50. The van der Waals surface area contributed by atoms with E-state index in [0.717, 1.165) is 33.3 Å². The summed E-state index contributed by atoms with van der Waals surface area (Å²) in [4.78, 5) is 4.66. The summed E-state index contributed by atoms with van der Waals surface area (Å²) in [6, 6.07) is 14.9. The van der Waals surface area contributed by atoms with Gasteiger partial charge < -0.3 is 0 Å². The van der Waals surface area contributed by atoms with Crippen LogP contribution in [0.15, 0.2) is 54.6 Å². The number of nitrogens with zero attached hydrogens (tertiary/aromatic N) is 1. The smallest absolute Gasteiger partial charge is 0.127 e. The van der Waals surface area contributed by atoms with Crippen molar-refractivity contribution in [3.05, 3.63) is 82.3 Å². The molecule has 2 aromatic carbocycles. The largest absolute Gasteiger partial charge is 0.246 e. The van der Waals surface area contributed by atoms with Gasteiger partial charge in [-0.05, 0) is 35.7 Å². The van der Waals surface area contributed by atoms with E-state index in [1.165, 1.54) is 6.07 Å². The average molecular weight is 296 g/mol. The molecule has 3 heteroatoms. The molecule has 0 unspecified atom stereocenters. The molecule has 1 aliphatic carbocycles. The molecule has 21 heavy (non-hydrogen) atoms. The molecule has 0 saturated carbocycles. The molecule has 0 atom stereocenters. The van der Waals surface area contributed by atoms with Crippen LogP contribution in [-0.2, 0) is 6.42 Å². The van der Waals surface area contributed by atoms with Gasteiger partial charge in [0.05, 0.1) is 16.2 Å². The summed E-state index contributed by atoms with van der Waals surface area (Å²) in [6.45, 7) is 0. The van der Waals surface area contributed by atoms with Gasteiger partial charge in [0.25, 0.3) is 0 Å². The first-order chi connectivity index (χ1) is 10.2. The maximum atomic E-state index is 13.8. The topological polar surface area (TPSA) is 12.9 Å². The Bertz CT molecular complexity index is 899. The maximum Gasteiger partial charge on any atom is 0.127 e. The minimum Gasteiger partial charge on any atom is -0.246 e. The van der Waals surface area contributed by atoms with E-state index in [4.69, 9.17) is 11.6 Å². The van der Waals surface area contributed by atoms with Crippen LogP contribution >= 0.6 is 11.6 Å². The van der Waals surface area contributed by atoms with E-state index in [2.05, 4.69) is 4.98 Å². The zero-order valence-corrected chi connectivity index (χ0v) is 11.9. The molecular formula is C18H11ClFN. The number of rotatable bonds is 1. The third-order valence-electron chi connectivity index (χ3n) is 3.87. The van der Waals surface area contributed by atoms with E-state index < -0.39 is 0 Å². The predicted octanol–water partition coefficient (Wildman–Crippen LogP) is 5.02. The summed E-state index contributed by atoms with van der Waals surface area (Å²) in [5.74, 6) is -0.155. The lowest BCUT2D eigenvalue weighted by Gasteiger charge is -2.08. The second-order valence-electron chi connectivity index (χ2n) is 5.10. The molecule has 0 radical (unpaired) electrons. The number of hydrogen-bond acceptors (Lipinski definition) is 1. The van der Waals surface area contributed by atoms with Crippen LogP contribution < -0.4 is 0 Å². The lowest BCUT2D eigenvalue weighted by atomic mass is 10.0. The molecule has 102 valence electrons. The minimum atomic E-state index is -0.155. The predicted molar refractivity (Wildman–Crippen MR) is 83.9 cm³/mol. The monoisotopic (exact) mass is 295 g/mol. The fraction of sp³-hybridized carbons (Fsp3) is 0.0556. The highest BCUT2D eigenvalue weighted by molar-refractivity contribution is 6.35. The van der Waals surface area contributed by atoms with Crippen LogP contribution in [0, 0.1) is 5.82 Å². The minimum absolute atomic E-state index is 0.155. The van der Waals surface area contributed by atoms with E-state index >= 15 is 0 Å². The van der Waals surface area contributed by atoms with Crippen molar-refractivity contribution in [1.29, 1.82) is 0 Å². The van der Waals surface area contributed by atoms with Crippen molar-refractivity contribution in [2.75, 3.05) is 0 Å². The Labute approximate surface area is 126 Å². The highest BCUT2D eigenvalue weighted by Gasteiger charge is 2.19. The van der Waals surface area contributed by atoms with Gasteiger partial charge in [0.15, 0.2) is 0 Å². The summed E-state index contributed by atoms with van der Waals surface area (Å²) in [5, 5.41) is 1.64. The van der Waals surface area contributed by atoms with Gasteiger partial charge in [-0.15, -0.1) is 0 Å². The van der Waals surface area contributed by atoms with Crippen LogP contribution in [0.1, 0.15) is 16.8 Å². The van der Waals surface area contributed by atoms with Crippen molar-refractivity contribution in [2.45, 2.75) is 6.42 Å². The molecule has 0 amide bonds. The molecule has 0 spiro atoms. The number of allylic oxidation sites excluding steroid dienone is 1.